The van der Waals surface area contributed by atoms with Crippen LogP contribution in [0.3, 0.4) is 0 Å². The third-order valence-electron chi connectivity index (χ3n) is 2.71. The molecule has 102 valence electrons. The first-order valence-electron chi connectivity index (χ1n) is 6.04. The zero-order chi connectivity index (χ0) is 14.5. The van der Waals surface area contributed by atoms with Crippen LogP contribution < -0.4 is 5.56 Å². The standard InChI is InChI=1S/C14H12ClN3OS/c1-2-12-11(7-16)13(19)18-14(17-12)20-8-9-3-5-10(15)6-4-9/h3-6H,2,8H2,1H3,(H,17,18,19). The van der Waals surface area contributed by atoms with Gasteiger partial charge in [0.05, 0.1) is 5.69 Å². The topological polar surface area (TPSA) is 69.5 Å². The Morgan fingerprint density at radius 2 is 2.10 bits per heavy atom. The summed E-state index contributed by atoms with van der Waals surface area (Å²) >= 11 is 7.25. The molecule has 0 aliphatic rings. The van der Waals surface area contributed by atoms with Gasteiger partial charge in [0.1, 0.15) is 11.6 Å². The molecular formula is C14H12ClN3OS. The summed E-state index contributed by atoms with van der Waals surface area (Å²) in [5.74, 6) is 0.676. The first-order valence-corrected chi connectivity index (χ1v) is 7.41. The SMILES string of the molecule is CCc1nc(SCc2ccc(Cl)cc2)[nH]c(=O)c1C#N. The molecule has 0 spiro atoms. The molecule has 2 aromatic rings. The quantitative estimate of drug-likeness (QED) is 0.696. The summed E-state index contributed by atoms with van der Waals surface area (Å²) in [5.41, 5.74) is 1.35. The van der Waals surface area contributed by atoms with Crippen LogP contribution in [-0.2, 0) is 12.2 Å². The minimum Gasteiger partial charge on any atom is -0.300 e. The summed E-state index contributed by atoms with van der Waals surface area (Å²) < 4.78 is 0. The Morgan fingerprint density at radius 1 is 1.40 bits per heavy atom. The number of hydrogen-bond acceptors (Lipinski definition) is 4. The van der Waals surface area contributed by atoms with E-state index in [1.807, 2.05) is 37.3 Å². The molecule has 1 aromatic heterocycles. The molecule has 0 aliphatic heterocycles. The molecule has 20 heavy (non-hydrogen) atoms. The van der Waals surface area contributed by atoms with Crippen LogP contribution in [0.5, 0.6) is 0 Å². The molecule has 0 saturated carbocycles. The average Bonchev–Trinajstić information content (AvgIpc) is 2.46. The van der Waals surface area contributed by atoms with Gasteiger partial charge in [-0.1, -0.05) is 42.4 Å². The van der Waals surface area contributed by atoms with Gasteiger partial charge in [0, 0.05) is 10.8 Å². The van der Waals surface area contributed by atoms with Crippen LogP contribution in [0.1, 0.15) is 23.7 Å². The highest BCUT2D eigenvalue weighted by molar-refractivity contribution is 7.98. The highest BCUT2D eigenvalue weighted by Crippen LogP contribution is 2.20. The Bertz CT molecular complexity index is 704. The number of rotatable bonds is 4. The van der Waals surface area contributed by atoms with Gasteiger partial charge in [0.25, 0.3) is 5.56 Å². The van der Waals surface area contributed by atoms with E-state index in [2.05, 4.69) is 9.97 Å². The van der Waals surface area contributed by atoms with E-state index in [9.17, 15) is 4.79 Å². The number of thioether (sulfide) groups is 1. The molecule has 2 rings (SSSR count). The van der Waals surface area contributed by atoms with E-state index in [0.29, 0.717) is 28.0 Å². The summed E-state index contributed by atoms with van der Waals surface area (Å²) in [7, 11) is 0. The van der Waals surface area contributed by atoms with Crippen LogP contribution >= 0.6 is 23.4 Å². The Kier molecular flexibility index (Phi) is 4.83. The molecule has 0 bridgehead atoms. The predicted octanol–water partition coefficient (Wildman–Crippen LogP) is 3.15. The molecule has 1 heterocycles. The van der Waals surface area contributed by atoms with Crippen molar-refractivity contribution in [1.82, 2.24) is 9.97 Å². The highest BCUT2D eigenvalue weighted by atomic mass is 35.5. The van der Waals surface area contributed by atoms with Crippen LogP contribution in [0, 0.1) is 11.3 Å². The van der Waals surface area contributed by atoms with Crippen molar-refractivity contribution in [2.45, 2.75) is 24.3 Å². The lowest BCUT2D eigenvalue weighted by Gasteiger charge is -2.04. The molecule has 0 amide bonds. The number of aromatic nitrogens is 2. The highest BCUT2D eigenvalue weighted by Gasteiger charge is 2.09. The summed E-state index contributed by atoms with van der Waals surface area (Å²) in [5, 5.41) is 10.1. The lowest BCUT2D eigenvalue weighted by molar-refractivity contribution is 0.859. The molecule has 1 N–H and O–H groups in total. The predicted molar refractivity (Wildman–Crippen MR) is 80.0 cm³/mol. The lowest BCUT2D eigenvalue weighted by Crippen LogP contribution is -2.16. The minimum absolute atomic E-state index is 0.100. The Hall–Kier alpha value is -1.77. The van der Waals surface area contributed by atoms with Crippen molar-refractivity contribution in [3.05, 3.63) is 56.5 Å². The van der Waals surface area contributed by atoms with E-state index >= 15 is 0 Å². The number of benzene rings is 1. The number of H-pyrrole nitrogens is 1. The van der Waals surface area contributed by atoms with Gasteiger partial charge in [-0.3, -0.25) is 4.79 Å². The average molecular weight is 306 g/mol. The van der Waals surface area contributed by atoms with Crippen molar-refractivity contribution in [3.8, 4) is 6.07 Å². The molecule has 0 unspecified atom stereocenters. The summed E-state index contributed by atoms with van der Waals surface area (Å²) in [6.45, 7) is 1.87. The van der Waals surface area contributed by atoms with E-state index in [4.69, 9.17) is 16.9 Å². The van der Waals surface area contributed by atoms with Gasteiger partial charge in [-0.2, -0.15) is 5.26 Å². The Balaban J connectivity index is 2.18. The summed E-state index contributed by atoms with van der Waals surface area (Å²) in [6.07, 6.45) is 0.557. The molecule has 0 saturated heterocycles. The maximum absolute atomic E-state index is 11.8. The van der Waals surface area contributed by atoms with Crippen LogP contribution in [0.2, 0.25) is 5.02 Å². The van der Waals surface area contributed by atoms with Gasteiger partial charge in [0.15, 0.2) is 5.16 Å². The molecule has 4 nitrogen and oxygen atoms in total. The van der Waals surface area contributed by atoms with E-state index in [1.54, 1.807) is 0 Å². The van der Waals surface area contributed by atoms with Gasteiger partial charge in [-0.15, -0.1) is 0 Å². The molecule has 0 fully saturated rings. The maximum Gasteiger partial charge on any atom is 0.269 e. The fourth-order valence-electron chi connectivity index (χ4n) is 1.67. The fraction of sp³-hybridized carbons (Fsp3) is 0.214. The molecule has 0 radical (unpaired) electrons. The zero-order valence-corrected chi connectivity index (χ0v) is 12.4. The van der Waals surface area contributed by atoms with Crippen LogP contribution in [0.15, 0.2) is 34.2 Å². The van der Waals surface area contributed by atoms with Crippen molar-refractivity contribution in [2.24, 2.45) is 0 Å². The van der Waals surface area contributed by atoms with Crippen LogP contribution in [-0.4, -0.2) is 9.97 Å². The number of nitrogens with one attached hydrogen (secondary N) is 1. The number of nitrogens with zero attached hydrogens (tertiary/aromatic N) is 2. The van der Waals surface area contributed by atoms with E-state index in [-0.39, 0.29) is 11.1 Å². The van der Waals surface area contributed by atoms with Gasteiger partial charge < -0.3 is 4.98 Å². The molecule has 1 aromatic carbocycles. The first kappa shape index (κ1) is 14.6. The van der Waals surface area contributed by atoms with Crippen molar-refractivity contribution >= 4 is 23.4 Å². The van der Waals surface area contributed by atoms with E-state index < -0.39 is 0 Å². The number of hydrogen-bond donors (Lipinski definition) is 1. The smallest absolute Gasteiger partial charge is 0.269 e. The molecule has 6 heteroatoms. The summed E-state index contributed by atoms with van der Waals surface area (Å²) in [4.78, 5) is 18.7. The molecule has 0 aliphatic carbocycles. The second-order valence-corrected chi connectivity index (χ2v) is 5.47. The normalized spacial score (nSPS) is 10.2. The van der Waals surface area contributed by atoms with Crippen molar-refractivity contribution in [3.63, 3.8) is 0 Å². The number of aromatic amines is 1. The Morgan fingerprint density at radius 3 is 2.70 bits per heavy atom. The van der Waals surface area contributed by atoms with Gasteiger partial charge in [-0.05, 0) is 24.1 Å². The number of nitriles is 1. The molecule has 0 atom stereocenters. The van der Waals surface area contributed by atoms with Crippen LogP contribution in [0.4, 0.5) is 0 Å². The lowest BCUT2D eigenvalue weighted by atomic mass is 10.2. The van der Waals surface area contributed by atoms with Crippen molar-refractivity contribution in [1.29, 1.82) is 5.26 Å². The van der Waals surface area contributed by atoms with Crippen molar-refractivity contribution in [2.75, 3.05) is 0 Å². The monoisotopic (exact) mass is 305 g/mol. The molecular weight excluding hydrogens is 294 g/mol. The third kappa shape index (κ3) is 3.41. The van der Waals surface area contributed by atoms with E-state index in [1.165, 1.54) is 11.8 Å². The van der Waals surface area contributed by atoms with Gasteiger partial charge in [-0.25, -0.2) is 4.98 Å². The largest absolute Gasteiger partial charge is 0.300 e. The third-order valence-corrected chi connectivity index (χ3v) is 3.90. The van der Waals surface area contributed by atoms with Gasteiger partial charge >= 0.3 is 0 Å². The van der Waals surface area contributed by atoms with Gasteiger partial charge in [0.2, 0.25) is 0 Å². The Labute approximate surface area is 125 Å². The maximum atomic E-state index is 11.8. The zero-order valence-electron chi connectivity index (χ0n) is 10.8. The second kappa shape index (κ2) is 6.60. The number of halogens is 1. The second-order valence-electron chi connectivity index (χ2n) is 4.07. The minimum atomic E-state index is -0.377. The fourth-order valence-corrected chi connectivity index (χ4v) is 2.63. The first-order chi connectivity index (χ1) is 9.63. The van der Waals surface area contributed by atoms with Crippen LogP contribution in [0.25, 0.3) is 0 Å². The number of aryl methyl sites for hydroxylation is 1. The van der Waals surface area contributed by atoms with E-state index in [0.717, 1.165) is 5.56 Å². The van der Waals surface area contributed by atoms with Crippen molar-refractivity contribution < 1.29 is 0 Å². The summed E-state index contributed by atoms with van der Waals surface area (Å²) in [6, 6.07) is 9.40.